The second kappa shape index (κ2) is 7.05. The lowest BCUT2D eigenvalue weighted by Crippen LogP contribution is -2.44. The molecule has 5 heteroatoms. The summed E-state index contributed by atoms with van der Waals surface area (Å²) in [6.07, 6.45) is 1.91. The molecule has 1 saturated heterocycles. The van der Waals surface area contributed by atoms with Crippen molar-refractivity contribution in [2.75, 3.05) is 26.2 Å². The number of rotatable bonds is 4. The lowest BCUT2D eigenvalue weighted by atomic mass is 10.2. The molecule has 108 valence electrons. The zero-order valence-corrected chi connectivity index (χ0v) is 11.5. The molecule has 1 aliphatic heterocycles. The van der Waals surface area contributed by atoms with E-state index in [1.165, 1.54) is 4.90 Å². The van der Waals surface area contributed by atoms with Crippen LogP contribution in [0.5, 0.6) is 0 Å². The van der Waals surface area contributed by atoms with Crippen LogP contribution in [0.1, 0.15) is 18.4 Å². The molecule has 0 aromatic heterocycles. The molecular weight excluding hydrogens is 256 g/mol. The summed E-state index contributed by atoms with van der Waals surface area (Å²) in [5.74, 6) is -0.975. The Bertz CT molecular complexity index is 455. The van der Waals surface area contributed by atoms with E-state index in [4.69, 9.17) is 5.11 Å². The summed E-state index contributed by atoms with van der Waals surface area (Å²) in [5, 5.41) is 9.09. The first-order valence-corrected chi connectivity index (χ1v) is 6.95. The van der Waals surface area contributed by atoms with Crippen LogP contribution < -0.4 is 0 Å². The normalized spacial score (nSPS) is 14.3. The van der Waals surface area contributed by atoms with Gasteiger partial charge in [-0.3, -0.25) is 9.59 Å². The summed E-state index contributed by atoms with van der Waals surface area (Å²) in [6.45, 7) is 1.69. The third-order valence-corrected chi connectivity index (χ3v) is 3.45. The largest absolute Gasteiger partial charge is 0.395 e. The Morgan fingerprint density at radius 2 is 1.80 bits per heavy atom. The first-order chi connectivity index (χ1) is 9.72. The number of aliphatic hydroxyl groups is 1. The van der Waals surface area contributed by atoms with Crippen LogP contribution in [0.3, 0.4) is 0 Å². The van der Waals surface area contributed by atoms with E-state index in [1.807, 2.05) is 30.3 Å². The molecule has 1 heterocycles. The van der Waals surface area contributed by atoms with E-state index in [2.05, 4.69) is 0 Å². The first-order valence-electron chi connectivity index (χ1n) is 6.95. The molecule has 1 aromatic rings. The standard InChI is InChI=1S/C15H20N2O3/c18-11-10-17(12-13-6-2-1-3-7-13)15(20)14(19)16-8-4-5-9-16/h1-3,6-7,18H,4-5,8-12H2. The van der Waals surface area contributed by atoms with Gasteiger partial charge in [0.1, 0.15) is 0 Å². The third kappa shape index (κ3) is 3.57. The Morgan fingerprint density at radius 1 is 1.15 bits per heavy atom. The van der Waals surface area contributed by atoms with E-state index in [-0.39, 0.29) is 13.2 Å². The summed E-state index contributed by atoms with van der Waals surface area (Å²) in [7, 11) is 0. The van der Waals surface area contributed by atoms with Gasteiger partial charge in [0.25, 0.3) is 0 Å². The maximum Gasteiger partial charge on any atom is 0.312 e. The van der Waals surface area contributed by atoms with E-state index in [9.17, 15) is 9.59 Å². The number of nitrogens with zero attached hydrogens (tertiary/aromatic N) is 2. The van der Waals surface area contributed by atoms with Crippen LogP contribution in [0.25, 0.3) is 0 Å². The van der Waals surface area contributed by atoms with Crippen molar-refractivity contribution in [2.45, 2.75) is 19.4 Å². The van der Waals surface area contributed by atoms with Gasteiger partial charge in [0.15, 0.2) is 0 Å². The zero-order valence-electron chi connectivity index (χ0n) is 11.5. The monoisotopic (exact) mass is 276 g/mol. The first kappa shape index (κ1) is 14.5. The lowest BCUT2D eigenvalue weighted by molar-refractivity contribution is -0.151. The number of benzene rings is 1. The van der Waals surface area contributed by atoms with Gasteiger partial charge in [-0.2, -0.15) is 0 Å². The fourth-order valence-corrected chi connectivity index (χ4v) is 2.37. The predicted molar refractivity (Wildman–Crippen MR) is 74.8 cm³/mol. The minimum atomic E-state index is -0.523. The molecule has 0 bridgehead atoms. The average Bonchev–Trinajstić information content (AvgIpc) is 3.00. The second-order valence-corrected chi connectivity index (χ2v) is 4.94. The Hall–Kier alpha value is -1.88. The van der Waals surface area contributed by atoms with Crippen LogP contribution in [0.15, 0.2) is 30.3 Å². The highest BCUT2D eigenvalue weighted by molar-refractivity contribution is 6.34. The quantitative estimate of drug-likeness (QED) is 0.821. The molecule has 1 aliphatic rings. The number of hydrogen-bond acceptors (Lipinski definition) is 3. The van der Waals surface area contributed by atoms with Crippen molar-refractivity contribution in [3.63, 3.8) is 0 Å². The van der Waals surface area contributed by atoms with E-state index in [0.29, 0.717) is 19.6 Å². The van der Waals surface area contributed by atoms with E-state index in [0.717, 1.165) is 18.4 Å². The molecule has 20 heavy (non-hydrogen) atoms. The van der Waals surface area contributed by atoms with Crippen molar-refractivity contribution in [1.29, 1.82) is 0 Å². The SMILES string of the molecule is O=C(C(=O)N(CCO)Cc1ccccc1)N1CCCC1. The van der Waals surface area contributed by atoms with Crippen LogP contribution in [0.2, 0.25) is 0 Å². The molecule has 0 spiro atoms. The minimum Gasteiger partial charge on any atom is -0.395 e. The number of aliphatic hydroxyl groups excluding tert-OH is 1. The van der Waals surface area contributed by atoms with Gasteiger partial charge in [-0.15, -0.1) is 0 Å². The lowest BCUT2D eigenvalue weighted by Gasteiger charge is -2.24. The van der Waals surface area contributed by atoms with Crippen molar-refractivity contribution in [3.8, 4) is 0 Å². The summed E-state index contributed by atoms with van der Waals surface area (Å²) in [5.41, 5.74) is 0.948. The van der Waals surface area contributed by atoms with Crippen LogP contribution in [0.4, 0.5) is 0 Å². The molecular formula is C15H20N2O3. The molecule has 0 radical (unpaired) electrons. The van der Waals surface area contributed by atoms with Gasteiger partial charge in [0.2, 0.25) is 0 Å². The zero-order chi connectivity index (χ0) is 14.4. The number of carbonyl (C=O) groups excluding carboxylic acids is 2. The van der Waals surface area contributed by atoms with Crippen molar-refractivity contribution in [1.82, 2.24) is 9.80 Å². The summed E-state index contributed by atoms with van der Waals surface area (Å²) in [6, 6.07) is 9.48. The van der Waals surface area contributed by atoms with Crippen LogP contribution in [0, 0.1) is 0 Å². The highest BCUT2D eigenvalue weighted by Crippen LogP contribution is 2.10. The van der Waals surface area contributed by atoms with E-state index in [1.54, 1.807) is 4.90 Å². The fraction of sp³-hybridized carbons (Fsp3) is 0.467. The topological polar surface area (TPSA) is 60.9 Å². The third-order valence-electron chi connectivity index (χ3n) is 3.45. The Balaban J connectivity index is 2.03. The molecule has 5 nitrogen and oxygen atoms in total. The predicted octanol–water partition coefficient (Wildman–Crippen LogP) is 0.630. The smallest absolute Gasteiger partial charge is 0.312 e. The second-order valence-electron chi connectivity index (χ2n) is 4.94. The molecule has 1 aromatic carbocycles. The maximum atomic E-state index is 12.2. The summed E-state index contributed by atoms with van der Waals surface area (Å²) in [4.78, 5) is 27.4. The molecule has 0 atom stereocenters. The van der Waals surface area contributed by atoms with Gasteiger partial charge >= 0.3 is 11.8 Å². The number of hydrogen-bond donors (Lipinski definition) is 1. The molecule has 2 rings (SSSR count). The molecule has 0 unspecified atom stereocenters. The number of amides is 2. The molecule has 0 saturated carbocycles. The molecule has 0 aliphatic carbocycles. The van der Waals surface area contributed by atoms with Crippen molar-refractivity contribution in [3.05, 3.63) is 35.9 Å². The van der Waals surface area contributed by atoms with Crippen molar-refractivity contribution >= 4 is 11.8 Å². The van der Waals surface area contributed by atoms with Crippen LogP contribution in [-0.2, 0) is 16.1 Å². The summed E-state index contributed by atoms with van der Waals surface area (Å²) >= 11 is 0. The molecule has 1 N–H and O–H groups in total. The fourth-order valence-electron chi connectivity index (χ4n) is 2.37. The van der Waals surface area contributed by atoms with Gasteiger partial charge in [0, 0.05) is 26.2 Å². The Kier molecular flexibility index (Phi) is 5.12. The highest BCUT2D eigenvalue weighted by atomic mass is 16.3. The van der Waals surface area contributed by atoms with Gasteiger partial charge in [-0.25, -0.2) is 0 Å². The van der Waals surface area contributed by atoms with Gasteiger partial charge in [-0.1, -0.05) is 30.3 Å². The van der Waals surface area contributed by atoms with E-state index >= 15 is 0 Å². The number of carbonyl (C=O) groups is 2. The number of likely N-dealkylation sites (tertiary alicyclic amines) is 1. The summed E-state index contributed by atoms with van der Waals surface area (Å²) < 4.78 is 0. The Labute approximate surface area is 118 Å². The van der Waals surface area contributed by atoms with E-state index < -0.39 is 11.8 Å². The van der Waals surface area contributed by atoms with Crippen molar-refractivity contribution < 1.29 is 14.7 Å². The molecule has 1 fully saturated rings. The van der Waals surface area contributed by atoms with Gasteiger partial charge < -0.3 is 14.9 Å². The average molecular weight is 276 g/mol. The molecule has 2 amide bonds. The van der Waals surface area contributed by atoms with Gasteiger partial charge in [0.05, 0.1) is 6.61 Å². The van der Waals surface area contributed by atoms with Crippen LogP contribution in [-0.4, -0.2) is 53.0 Å². The maximum absolute atomic E-state index is 12.2. The Morgan fingerprint density at radius 3 is 2.40 bits per heavy atom. The minimum absolute atomic E-state index is 0.147. The van der Waals surface area contributed by atoms with Crippen LogP contribution >= 0.6 is 0 Å². The van der Waals surface area contributed by atoms with Gasteiger partial charge in [-0.05, 0) is 18.4 Å². The van der Waals surface area contributed by atoms with Crippen molar-refractivity contribution in [2.24, 2.45) is 0 Å². The highest BCUT2D eigenvalue weighted by Gasteiger charge is 2.28.